The van der Waals surface area contributed by atoms with Crippen LogP contribution in [0.3, 0.4) is 0 Å². The van der Waals surface area contributed by atoms with E-state index in [0.717, 1.165) is 111 Å². The van der Waals surface area contributed by atoms with Crippen LogP contribution in [0.4, 0.5) is 0 Å². The van der Waals surface area contributed by atoms with E-state index in [1.165, 1.54) is 83.1 Å². The number of hydrogen-bond donors (Lipinski definition) is 30. The summed E-state index contributed by atoms with van der Waals surface area (Å²) in [5, 5.41) is 298. The Bertz CT molecular complexity index is 3920. The lowest BCUT2D eigenvalue weighted by Crippen LogP contribution is -2.73. The van der Waals surface area contributed by atoms with Gasteiger partial charge in [-0.2, -0.15) is 0 Å². The highest BCUT2D eigenvalue weighted by Crippen LogP contribution is 2.45. The van der Waals surface area contributed by atoms with Gasteiger partial charge in [0.05, 0.1) is 101 Å². The maximum atomic E-state index is 14.6. The van der Waals surface area contributed by atoms with Gasteiger partial charge in [0.15, 0.2) is 25.2 Å². The standard InChI is InChI=1S/C95H165N5O47/c1-7-9-11-13-15-17-19-21-22-24-26-28-30-32-34-36-64(118)100-52(53(112)35-33-31-29-27-25-23-20-18-16-14-12-10-8-2)47-134-87-75(125)74(124)78(62(45-106)137-87)139-89-77(127)85(147-95(92(132)133)39-56(115)67(98-50(5)110)83(145-95)73(123)61(44-105)142-93(90(128)129)37-54(113)65(96-48(3)108)81(143-93)69(119)57(116)40-101)79(63(46-107)138-89)140-86-68(99-51(6)111)80(71(121)59(42-103)135-86)141-88-76(126)84(72(122)60(43-104)136-88)146-94(91(130)131)38-55(114)66(97-49(4)109)82(144-94)70(120)58(117)41-102/h33,35,52-63,65-89,101-107,112-117,119-127H,7-32,34,36-47H2,1-6H3,(H,96,108)(H,97,109)(H,98,110)(H,99,111)(H,100,118)(H,128,129)(H,130,131)(H,132,133)/b35-33+/t52-,53+,54?,55?,56?,57+,58+,59-,60?,61-,62-,63?,65+,66+,67+,68?,69-,70-,71-,72+,73-,74?,75?,76?,77?,78+,79-,80?,81?,82?,83?,84-,85+,86+,87+,88-,89-,93+,94-,95-/m0/s1. The van der Waals surface area contributed by atoms with Gasteiger partial charge in [0, 0.05) is 53.4 Å². The highest BCUT2D eigenvalue weighted by Gasteiger charge is 2.66. The zero-order chi connectivity index (χ0) is 109. The normalized spacial score (nSPS) is 35.5. The van der Waals surface area contributed by atoms with Gasteiger partial charge in [0.1, 0.15) is 153 Å². The number of aliphatic hydroxyl groups is 22. The van der Waals surface area contributed by atoms with E-state index in [4.69, 9.17) is 66.3 Å². The smallest absolute Gasteiger partial charge is 0.364 e. The summed E-state index contributed by atoms with van der Waals surface area (Å²) >= 11 is 0. The van der Waals surface area contributed by atoms with Crippen LogP contribution < -0.4 is 26.6 Å². The molecule has 0 spiro atoms. The Hall–Kier alpha value is -5.94. The third-order valence-electron chi connectivity index (χ3n) is 27.6. The second-order valence-electron chi connectivity index (χ2n) is 39.2. The summed E-state index contributed by atoms with van der Waals surface area (Å²) in [6, 6.07) is -9.38. The van der Waals surface area contributed by atoms with Gasteiger partial charge in [-0.3, -0.25) is 24.0 Å². The van der Waals surface area contributed by atoms with Gasteiger partial charge in [-0.15, -0.1) is 0 Å². The van der Waals surface area contributed by atoms with Crippen LogP contribution in [-0.2, 0) is 105 Å². The quantitative estimate of drug-likeness (QED) is 0.0199. The molecule has 0 aliphatic carbocycles. The van der Waals surface area contributed by atoms with Crippen molar-refractivity contribution in [3.05, 3.63) is 12.2 Å². The molecule has 0 bridgehead atoms. The van der Waals surface area contributed by atoms with Crippen molar-refractivity contribution in [1.29, 1.82) is 0 Å². The highest BCUT2D eigenvalue weighted by molar-refractivity contribution is 5.79. The fraction of sp³-hybridized carbons (Fsp3) is 0.895. The first kappa shape index (κ1) is 128. The van der Waals surface area contributed by atoms with Gasteiger partial charge in [-0.05, 0) is 19.3 Å². The topological polar surface area (TPSA) is 832 Å². The predicted octanol–water partition coefficient (Wildman–Crippen LogP) is -6.69. The molecule has 52 heteroatoms. The number of nitrogens with one attached hydrogen (secondary N) is 5. The molecule has 0 aromatic heterocycles. The monoisotopic (exact) mass is 2130 g/mol. The van der Waals surface area contributed by atoms with E-state index in [1.54, 1.807) is 6.08 Å². The number of hydrogen-bond acceptors (Lipinski definition) is 44. The van der Waals surface area contributed by atoms with Crippen LogP contribution in [0.5, 0.6) is 0 Å². The molecule has 147 heavy (non-hydrogen) atoms. The van der Waals surface area contributed by atoms with Crippen LogP contribution in [-0.4, -0.2) is 472 Å². The van der Waals surface area contributed by atoms with Crippen LogP contribution in [0.15, 0.2) is 12.2 Å². The van der Waals surface area contributed by atoms with E-state index >= 15 is 0 Å². The Kier molecular flexibility index (Phi) is 55.0. The number of aliphatic hydroxyl groups excluding tert-OH is 22. The van der Waals surface area contributed by atoms with E-state index < -0.39 is 363 Å². The fourth-order valence-corrected chi connectivity index (χ4v) is 19.5. The average molecular weight is 2130 g/mol. The van der Waals surface area contributed by atoms with Crippen LogP contribution in [0.2, 0.25) is 0 Å². The molecule has 7 saturated heterocycles. The van der Waals surface area contributed by atoms with Crippen molar-refractivity contribution in [1.82, 2.24) is 26.6 Å². The Balaban J connectivity index is 1.26. The summed E-state index contributed by atoms with van der Waals surface area (Å²) in [7, 11) is 0. The summed E-state index contributed by atoms with van der Waals surface area (Å²) in [5.41, 5.74) is 0. The number of allylic oxidation sites excluding steroid dienone is 1. The number of ether oxygens (including phenoxy) is 14. The molecule has 40 atom stereocenters. The molecular formula is C95H165N5O47. The second-order valence-corrected chi connectivity index (χ2v) is 39.2. The number of aliphatic carboxylic acids is 3. The molecule has 0 aromatic rings. The van der Waals surface area contributed by atoms with E-state index in [-0.39, 0.29) is 6.42 Å². The number of carboxylic acid groups (broad SMARTS) is 3. The van der Waals surface area contributed by atoms with E-state index in [1.807, 2.05) is 0 Å². The number of carbonyl (C=O) groups is 8. The first-order chi connectivity index (χ1) is 69.9. The van der Waals surface area contributed by atoms with Crippen LogP contribution in [0.1, 0.15) is 241 Å². The van der Waals surface area contributed by atoms with Crippen molar-refractivity contribution >= 4 is 47.4 Å². The lowest BCUT2D eigenvalue weighted by Gasteiger charge is -2.53. The van der Waals surface area contributed by atoms with Crippen LogP contribution >= 0.6 is 0 Å². The number of unbranched alkanes of at least 4 members (excludes halogenated alkanes) is 25. The Morgan fingerprint density at radius 1 is 0.367 bits per heavy atom. The van der Waals surface area contributed by atoms with Gasteiger partial charge in [0.2, 0.25) is 29.5 Å². The Morgan fingerprint density at radius 2 is 0.714 bits per heavy atom. The minimum Gasteiger partial charge on any atom is -0.477 e. The van der Waals surface area contributed by atoms with E-state index in [2.05, 4.69) is 40.4 Å². The zero-order valence-electron chi connectivity index (χ0n) is 84.3. The first-order valence-corrected chi connectivity index (χ1v) is 51.4. The number of amides is 5. The second kappa shape index (κ2) is 63.2. The van der Waals surface area contributed by atoms with Gasteiger partial charge in [-0.25, -0.2) is 14.4 Å². The molecule has 852 valence electrons. The molecule has 14 unspecified atom stereocenters. The maximum Gasteiger partial charge on any atom is 0.364 e. The number of rotatable bonds is 66. The fourth-order valence-electron chi connectivity index (χ4n) is 19.5. The third-order valence-corrected chi connectivity index (χ3v) is 27.6. The molecule has 0 radical (unpaired) electrons. The summed E-state index contributed by atoms with van der Waals surface area (Å²) < 4.78 is 84.6. The first-order valence-electron chi connectivity index (χ1n) is 51.4. The molecule has 7 aliphatic rings. The summed E-state index contributed by atoms with van der Waals surface area (Å²) in [6.45, 7) is -2.28. The molecule has 52 nitrogen and oxygen atoms in total. The maximum absolute atomic E-state index is 14.6. The Labute approximate surface area is 852 Å². The van der Waals surface area contributed by atoms with Crippen molar-refractivity contribution in [3.63, 3.8) is 0 Å². The highest BCUT2D eigenvalue weighted by atomic mass is 16.8. The van der Waals surface area contributed by atoms with Gasteiger partial charge in [0.25, 0.3) is 17.4 Å². The van der Waals surface area contributed by atoms with Crippen LogP contribution in [0, 0.1) is 0 Å². The van der Waals surface area contributed by atoms with Crippen molar-refractivity contribution in [2.75, 3.05) is 52.9 Å². The van der Waals surface area contributed by atoms with E-state index in [9.17, 15) is 166 Å². The van der Waals surface area contributed by atoms with Gasteiger partial charge in [-0.1, -0.05) is 180 Å². The third kappa shape index (κ3) is 36.1. The van der Waals surface area contributed by atoms with Crippen molar-refractivity contribution < 1.29 is 232 Å². The largest absolute Gasteiger partial charge is 0.477 e. The summed E-state index contributed by atoms with van der Waals surface area (Å²) in [4.78, 5) is 107. The molecule has 5 amide bonds. The minimum absolute atomic E-state index is 0.0461. The average Bonchev–Trinajstić information content (AvgIpc) is 0.742. The van der Waals surface area contributed by atoms with Crippen molar-refractivity contribution in [2.45, 2.75) is 484 Å². The molecule has 0 aromatic carbocycles. The number of carboxylic acids is 3. The molecular weight excluding hydrogens is 1960 g/mol. The lowest BCUT2D eigenvalue weighted by atomic mass is 9.87. The van der Waals surface area contributed by atoms with Gasteiger partial charge >= 0.3 is 17.9 Å². The SMILES string of the molecule is CCCCCCCCCCCCC/C=C/[C@@H](O)[C@H](CO[C@@H]1O[C@@H](CO)[C@@H](O[C@@H]2OC(CO)[C@H](O[C@H]3O[C@@H](CO)[C@H](O)C(O[C@@H]4OC(CO)[C@@H](O)[C@H](O[C@]5(C(=O)O)CC(O)[C@@H](NC(C)=O)C([C@@H](O)[C@H](O)CO)O5)C4O)C3NC(C)=O)[C@H](O[C@]3(C(=O)O)CC(O)[C@@H](NC(C)=O)C([C@@H](O)[C@H](CO)O[C@]4(C(=O)O)CC(O)[C@@H](NC(C)=O)C([C@@H](O)[C@H](O)CO)O4)O3)C2O)C(O)C1O)NC(=O)CCCCCCCCCCCCCCCCC. The molecule has 7 heterocycles. The number of carbonyl (C=O) groups excluding carboxylic acids is 5. The van der Waals surface area contributed by atoms with E-state index in [0.29, 0.717) is 12.8 Å². The van der Waals surface area contributed by atoms with Crippen molar-refractivity contribution in [2.24, 2.45) is 0 Å². The predicted molar refractivity (Wildman–Crippen MR) is 501 cm³/mol. The minimum atomic E-state index is -3.81. The molecule has 0 saturated carbocycles. The summed E-state index contributed by atoms with van der Waals surface area (Å²) in [6.07, 6.45) is -48.1. The van der Waals surface area contributed by atoms with Crippen LogP contribution in [0.25, 0.3) is 0 Å². The Morgan fingerprint density at radius 3 is 1.13 bits per heavy atom. The molecule has 30 N–H and O–H groups in total. The zero-order valence-corrected chi connectivity index (χ0v) is 84.3. The van der Waals surface area contributed by atoms with Crippen molar-refractivity contribution in [3.8, 4) is 0 Å². The van der Waals surface area contributed by atoms with Gasteiger partial charge < -0.3 is 221 Å². The summed E-state index contributed by atoms with van der Waals surface area (Å²) in [5.74, 6) is -22.1. The molecule has 7 fully saturated rings. The molecule has 7 rings (SSSR count). The lowest BCUT2D eigenvalue weighted by molar-refractivity contribution is -0.405. The molecule has 7 aliphatic heterocycles.